The van der Waals surface area contributed by atoms with Gasteiger partial charge in [0.2, 0.25) is 11.8 Å². The highest BCUT2D eigenvalue weighted by molar-refractivity contribution is 5.92. The number of anilines is 1. The van der Waals surface area contributed by atoms with Crippen LogP contribution in [-0.4, -0.2) is 52.3 Å². The molecule has 2 aliphatic heterocycles. The van der Waals surface area contributed by atoms with Crippen LogP contribution >= 0.6 is 0 Å². The van der Waals surface area contributed by atoms with Gasteiger partial charge in [-0.3, -0.25) is 19.5 Å². The zero-order valence-electron chi connectivity index (χ0n) is 15.8. The van der Waals surface area contributed by atoms with Crippen molar-refractivity contribution in [3.63, 3.8) is 0 Å². The lowest BCUT2D eigenvalue weighted by atomic mass is 10.0. The highest BCUT2D eigenvalue weighted by Gasteiger charge is 2.30. The Morgan fingerprint density at radius 1 is 1.19 bits per heavy atom. The molecule has 0 saturated carbocycles. The molecule has 6 nitrogen and oxygen atoms in total. The van der Waals surface area contributed by atoms with E-state index < -0.39 is 0 Å². The lowest BCUT2D eigenvalue weighted by Gasteiger charge is -2.36. The maximum Gasteiger partial charge on any atom is 0.222 e. The fraction of sp³-hybridized carbons (Fsp3) is 0.476. The molecule has 0 aliphatic carbocycles. The molecule has 0 spiro atoms. The van der Waals surface area contributed by atoms with E-state index in [0.717, 1.165) is 74.1 Å². The Kier molecular flexibility index (Phi) is 5.07. The van der Waals surface area contributed by atoms with Gasteiger partial charge in [-0.25, -0.2) is 0 Å². The molecule has 6 heteroatoms. The molecule has 2 aromatic rings. The number of carbonyl (C=O) groups is 2. The lowest BCUT2D eigenvalue weighted by molar-refractivity contribution is -0.130. The van der Waals surface area contributed by atoms with E-state index in [1.807, 2.05) is 18.2 Å². The topological polar surface area (TPSA) is 65.5 Å². The van der Waals surface area contributed by atoms with Crippen molar-refractivity contribution in [3.8, 4) is 0 Å². The van der Waals surface area contributed by atoms with Gasteiger partial charge in [-0.2, -0.15) is 0 Å². The fourth-order valence-corrected chi connectivity index (χ4v) is 4.21. The van der Waals surface area contributed by atoms with Crippen molar-refractivity contribution in [1.82, 2.24) is 14.8 Å². The number of aromatic nitrogens is 1. The van der Waals surface area contributed by atoms with Crippen molar-refractivity contribution >= 4 is 28.4 Å². The van der Waals surface area contributed by atoms with E-state index in [1.54, 1.807) is 0 Å². The molecule has 1 N–H and O–H groups in total. The van der Waals surface area contributed by atoms with E-state index in [0.29, 0.717) is 11.9 Å². The fourth-order valence-electron chi connectivity index (χ4n) is 4.21. The average Bonchev–Trinajstić information content (AvgIpc) is 3.08. The van der Waals surface area contributed by atoms with Crippen molar-refractivity contribution in [2.45, 2.75) is 45.2 Å². The Morgan fingerprint density at radius 2 is 2.00 bits per heavy atom. The van der Waals surface area contributed by atoms with Gasteiger partial charge < -0.3 is 10.2 Å². The molecule has 0 atom stereocenters. The van der Waals surface area contributed by atoms with E-state index >= 15 is 0 Å². The van der Waals surface area contributed by atoms with Gasteiger partial charge >= 0.3 is 0 Å². The molecule has 2 saturated heterocycles. The first-order valence-corrected chi connectivity index (χ1v) is 9.77. The molecule has 0 radical (unpaired) electrons. The summed E-state index contributed by atoms with van der Waals surface area (Å²) in [5, 5.41) is 3.83. The molecule has 0 unspecified atom stereocenters. The third-order valence-electron chi connectivity index (χ3n) is 5.56. The van der Waals surface area contributed by atoms with Gasteiger partial charge in [0.05, 0.1) is 11.2 Å². The number of rotatable bonds is 4. The predicted molar refractivity (Wildman–Crippen MR) is 105 cm³/mol. The maximum absolute atomic E-state index is 11.9. The van der Waals surface area contributed by atoms with Crippen molar-refractivity contribution in [3.05, 3.63) is 36.0 Å². The molecule has 27 heavy (non-hydrogen) atoms. The highest BCUT2D eigenvalue weighted by Crippen LogP contribution is 2.24. The summed E-state index contributed by atoms with van der Waals surface area (Å²) in [6.07, 6.45) is 3.85. The van der Waals surface area contributed by atoms with E-state index in [9.17, 15) is 9.59 Å². The minimum absolute atomic E-state index is 0.0713. The third kappa shape index (κ3) is 4.11. The van der Waals surface area contributed by atoms with E-state index in [4.69, 9.17) is 4.98 Å². The molecule has 142 valence electrons. The zero-order chi connectivity index (χ0) is 18.8. The van der Waals surface area contributed by atoms with Crippen LogP contribution in [0.15, 0.2) is 30.3 Å². The van der Waals surface area contributed by atoms with Gasteiger partial charge in [-0.1, -0.05) is 6.07 Å². The van der Waals surface area contributed by atoms with Crippen LogP contribution in [0.25, 0.3) is 10.9 Å². The van der Waals surface area contributed by atoms with Crippen LogP contribution in [0, 0.1) is 0 Å². The summed E-state index contributed by atoms with van der Waals surface area (Å²) in [6.45, 7) is 5.31. The summed E-state index contributed by atoms with van der Waals surface area (Å²) < 4.78 is 0. The van der Waals surface area contributed by atoms with Crippen LogP contribution in [0.1, 0.15) is 38.3 Å². The van der Waals surface area contributed by atoms with Crippen molar-refractivity contribution < 1.29 is 9.59 Å². The van der Waals surface area contributed by atoms with Crippen molar-refractivity contribution in [2.75, 3.05) is 25.0 Å². The predicted octanol–water partition coefficient (Wildman–Crippen LogP) is 2.78. The smallest absolute Gasteiger partial charge is 0.222 e. The number of nitrogens with zero attached hydrogens (tertiary/aromatic N) is 3. The quantitative estimate of drug-likeness (QED) is 0.904. The molecule has 2 fully saturated rings. The number of hydrogen-bond donors (Lipinski definition) is 1. The number of nitrogens with one attached hydrogen (secondary N) is 1. The van der Waals surface area contributed by atoms with Gasteiger partial charge in [0.25, 0.3) is 0 Å². The second kappa shape index (κ2) is 7.64. The normalized spacial score (nSPS) is 19.0. The SMILES string of the molecule is CC(=O)Nc1ccc2nc(CN3CCC(N4CCCC4=O)CC3)ccc2c1. The average molecular weight is 366 g/mol. The molecule has 1 aromatic carbocycles. The molecule has 1 aromatic heterocycles. The highest BCUT2D eigenvalue weighted by atomic mass is 16.2. The standard InChI is InChI=1S/C21H26N4O2/c1-15(26)22-17-6-7-20-16(13-17)4-5-18(23-20)14-24-11-8-19(9-12-24)25-10-2-3-21(25)27/h4-7,13,19H,2-3,8-12,14H2,1H3,(H,22,26). The Balaban J connectivity index is 1.37. The summed E-state index contributed by atoms with van der Waals surface area (Å²) >= 11 is 0. The third-order valence-corrected chi connectivity index (χ3v) is 5.56. The molecule has 2 aliphatic rings. The van der Waals surface area contributed by atoms with Gasteiger partial charge in [-0.15, -0.1) is 0 Å². The molecule has 3 heterocycles. The largest absolute Gasteiger partial charge is 0.340 e. The van der Waals surface area contributed by atoms with Gasteiger partial charge in [0, 0.05) is 56.6 Å². The number of carbonyl (C=O) groups excluding carboxylic acids is 2. The number of fused-ring (bicyclic) bond motifs is 1. The Hall–Kier alpha value is -2.47. The van der Waals surface area contributed by atoms with E-state index in [1.165, 1.54) is 6.92 Å². The van der Waals surface area contributed by atoms with Crippen LogP contribution in [-0.2, 0) is 16.1 Å². The second-order valence-corrected chi connectivity index (χ2v) is 7.59. The zero-order valence-corrected chi connectivity index (χ0v) is 15.8. The summed E-state index contributed by atoms with van der Waals surface area (Å²) in [5.41, 5.74) is 2.80. The second-order valence-electron chi connectivity index (χ2n) is 7.59. The first kappa shape index (κ1) is 17.9. The number of piperidine rings is 1. The number of likely N-dealkylation sites (tertiary alicyclic amines) is 2. The van der Waals surface area contributed by atoms with E-state index in [-0.39, 0.29) is 5.91 Å². The Bertz CT molecular complexity index is 858. The van der Waals surface area contributed by atoms with Crippen LogP contribution in [0.3, 0.4) is 0 Å². The van der Waals surface area contributed by atoms with Crippen molar-refractivity contribution in [2.24, 2.45) is 0 Å². The van der Waals surface area contributed by atoms with Crippen LogP contribution < -0.4 is 5.32 Å². The number of benzene rings is 1. The van der Waals surface area contributed by atoms with Gasteiger partial charge in [0.15, 0.2) is 0 Å². The summed E-state index contributed by atoms with van der Waals surface area (Å²) in [5.74, 6) is 0.265. The molecule has 2 amide bonds. The van der Waals surface area contributed by atoms with Gasteiger partial charge in [-0.05, 0) is 43.5 Å². The van der Waals surface area contributed by atoms with Crippen LogP contribution in [0.4, 0.5) is 5.69 Å². The minimum Gasteiger partial charge on any atom is -0.340 e. The molecule has 0 bridgehead atoms. The first-order valence-electron chi connectivity index (χ1n) is 9.77. The summed E-state index contributed by atoms with van der Waals surface area (Å²) in [4.78, 5) is 32.4. The van der Waals surface area contributed by atoms with Crippen LogP contribution in [0.5, 0.6) is 0 Å². The molecular weight excluding hydrogens is 340 g/mol. The number of pyridine rings is 1. The molecular formula is C21H26N4O2. The van der Waals surface area contributed by atoms with Gasteiger partial charge in [0.1, 0.15) is 0 Å². The monoisotopic (exact) mass is 366 g/mol. The van der Waals surface area contributed by atoms with E-state index in [2.05, 4.69) is 27.2 Å². The Labute approximate surface area is 159 Å². The molecule has 4 rings (SSSR count). The maximum atomic E-state index is 11.9. The lowest BCUT2D eigenvalue weighted by Crippen LogP contribution is -2.45. The number of hydrogen-bond acceptors (Lipinski definition) is 4. The first-order chi connectivity index (χ1) is 13.1. The summed E-state index contributed by atoms with van der Waals surface area (Å²) in [6, 6.07) is 10.3. The van der Waals surface area contributed by atoms with Crippen LogP contribution in [0.2, 0.25) is 0 Å². The minimum atomic E-state index is -0.0713. The number of amides is 2. The van der Waals surface area contributed by atoms with Crippen molar-refractivity contribution in [1.29, 1.82) is 0 Å². The summed E-state index contributed by atoms with van der Waals surface area (Å²) in [7, 11) is 0. The Morgan fingerprint density at radius 3 is 2.70 bits per heavy atom.